The summed E-state index contributed by atoms with van der Waals surface area (Å²) in [6, 6.07) is 3.89. The average Bonchev–Trinajstić information content (AvgIpc) is 2.15. The van der Waals surface area contributed by atoms with Gasteiger partial charge in [0.05, 0.1) is 6.54 Å². The Kier molecular flexibility index (Phi) is 2.27. The van der Waals surface area contributed by atoms with Crippen molar-refractivity contribution in [1.82, 2.24) is 0 Å². The number of amides is 1. The Morgan fingerprint density at radius 2 is 1.80 bits per heavy atom. The Labute approximate surface area is 89.9 Å². The number of benzene rings is 1. The van der Waals surface area contributed by atoms with Gasteiger partial charge in [-0.1, -0.05) is 17.7 Å². The van der Waals surface area contributed by atoms with Gasteiger partial charge in [-0.2, -0.15) is 0 Å². The molecule has 0 saturated carbocycles. The molecule has 1 aliphatic heterocycles. The largest absolute Gasteiger partial charge is 0.318 e. The smallest absolute Gasteiger partial charge is 0.245 e. The summed E-state index contributed by atoms with van der Waals surface area (Å²) in [4.78, 5) is 13.3. The quantitative estimate of drug-likeness (QED) is 0.700. The van der Waals surface area contributed by atoms with Crippen molar-refractivity contribution in [2.45, 2.75) is 26.8 Å². The molecule has 80 valence electrons. The fourth-order valence-electron chi connectivity index (χ4n) is 2.25. The molecular formula is C12H16N2O. The van der Waals surface area contributed by atoms with Crippen molar-refractivity contribution in [3.05, 3.63) is 28.8 Å². The van der Waals surface area contributed by atoms with Gasteiger partial charge in [0.2, 0.25) is 5.91 Å². The molecule has 0 radical (unpaired) electrons. The molecule has 3 nitrogen and oxygen atoms in total. The second kappa shape index (κ2) is 3.35. The summed E-state index contributed by atoms with van der Waals surface area (Å²) in [5.41, 5.74) is 10.1. The van der Waals surface area contributed by atoms with Crippen LogP contribution in [0.4, 0.5) is 5.69 Å². The molecule has 0 spiro atoms. The van der Waals surface area contributed by atoms with Crippen LogP contribution < -0.4 is 10.6 Å². The van der Waals surface area contributed by atoms with Gasteiger partial charge in [-0.15, -0.1) is 0 Å². The third-order valence-electron chi connectivity index (χ3n) is 2.87. The van der Waals surface area contributed by atoms with Gasteiger partial charge >= 0.3 is 0 Å². The van der Waals surface area contributed by atoms with Gasteiger partial charge in [-0.05, 0) is 31.9 Å². The van der Waals surface area contributed by atoms with Gasteiger partial charge in [0.1, 0.15) is 6.04 Å². The van der Waals surface area contributed by atoms with Crippen LogP contribution in [0.2, 0.25) is 0 Å². The predicted molar refractivity (Wildman–Crippen MR) is 61.0 cm³/mol. The van der Waals surface area contributed by atoms with Crippen LogP contribution in [0.25, 0.3) is 0 Å². The van der Waals surface area contributed by atoms with Crippen LogP contribution in [0, 0.1) is 20.8 Å². The van der Waals surface area contributed by atoms with E-state index in [9.17, 15) is 4.79 Å². The number of carbonyl (C=O) groups is 1. The lowest BCUT2D eigenvalue weighted by molar-refractivity contribution is -0.123. The molecule has 2 N–H and O–H groups in total. The fraction of sp³-hybridized carbons (Fsp3) is 0.417. The molecule has 2 rings (SSSR count). The molecule has 1 saturated heterocycles. The maximum atomic E-state index is 11.6. The first kappa shape index (κ1) is 10.2. The Bertz CT molecular complexity index is 403. The Morgan fingerprint density at radius 1 is 1.27 bits per heavy atom. The highest BCUT2D eigenvalue weighted by Gasteiger charge is 2.35. The van der Waals surface area contributed by atoms with Crippen LogP contribution in [0.3, 0.4) is 0 Å². The van der Waals surface area contributed by atoms with Crippen LogP contribution in [-0.4, -0.2) is 18.5 Å². The van der Waals surface area contributed by atoms with Crippen molar-refractivity contribution in [3.8, 4) is 0 Å². The first-order valence-corrected chi connectivity index (χ1v) is 5.15. The number of nitrogens with two attached hydrogens (primary N) is 1. The Balaban J connectivity index is 2.41. The summed E-state index contributed by atoms with van der Waals surface area (Å²) in [5.74, 6) is 0.0325. The minimum absolute atomic E-state index is 0.0325. The van der Waals surface area contributed by atoms with E-state index in [2.05, 4.69) is 19.1 Å². The van der Waals surface area contributed by atoms with E-state index in [1.54, 1.807) is 4.90 Å². The summed E-state index contributed by atoms with van der Waals surface area (Å²) < 4.78 is 0. The molecule has 1 amide bonds. The molecule has 15 heavy (non-hydrogen) atoms. The van der Waals surface area contributed by atoms with Crippen LogP contribution >= 0.6 is 0 Å². The van der Waals surface area contributed by atoms with E-state index in [0.29, 0.717) is 6.54 Å². The molecule has 0 aliphatic carbocycles. The van der Waals surface area contributed by atoms with Gasteiger partial charge in [0, 0.05) is 5.69 Å². The maximum Gasteiger partial charge on any atom is 0.245 e. The highest BCUT2D eigenvalue weighted by atomic mass is 16.2. The number of nitrogens with zero attached hydrogens (tertiary/aromatic N) is 1. The SMILES string of the molecule is Cc1cc(C)c(N2CC(N)C2=O)c(C)c1. The summed E-state index contributed by atoms with van der Waals surface area (Å²) in [5, 5.41) is 0. The van der Waals surface area contributed by atoms with Crippen LogP contribution in [0.5, 0.6) is 0 Å². The molecule has 0 aromatic heterocycles. The third kappa shape index (κ3) is 1.53. The Morgan fingerprint density at radius 3 is 2.20 bits per heavy atom. The second-order valence-electron chi connectivity index (χ2n) is 4.30. The maximum absolute atomic E-state index is 11.6. The van der Waals surface area contributed by atoms with Crippen LogP contribution in [0.15, 0.2) is 12.1 Å². The van der Waals surface area contributed by atoms with E-state index in [-0.39, 0.29) is 11.9 Å². The summed E-state index contributed by atoms with van der Waals surface area (Å²) in [6.07, 6.45) is 0. The number of hydrogen-bond acceptors (Lipinski definition) is 2. The van der Waals surface area contributed by atoms with Crippen molar-refractivity contribution in [2.75, 3.05) is 11.4 Å². The van der Waals surface area contributed by atoms with Crippen molar-refractivity contribution in [2.24, 2.45) is 5.73 Å². The highest BCUT2D eigenvalue weighted by molar-refractivity contribution is 6.04. The number of rotatable bonds is 1. The average molecular weight is 204 g/mol. The molecule has 3 heteroatoms. The topological polar surface area (TPSA) is 46.3 Å². The van der Waals surface area contributed by atoms with Gasteiger partial charge in [0.25, 0.3) is 0 Å². The first-order valence-electron chi connectivity index (χ1n) is 5.15. The Hall–Kier alpha value is -1.35. The minimum atomic E-state index is -0.301. The molecule has 0 bridgehead atoms. The van der Waals surface area contributed by atoms with Crippen molar-refractivity contribution in [3.63, 3.8) is 0 Å². The van der Waals surface area contributed by atoms with Crippen molar-refractivity contribution >= 4 is 11.6 Å². The van der Waals surface area contributed by atoms with E-state index in [1.165, 1.54) is 5.56 Å². The van der Waals surface area contributed by atoms with E-state index in [0.717, 1.165) is 16.8 Å². The molecular weight excluding hydrogens is 188 g/mol. The van der Waals surface area contributed by atoms with Crippen LogP contribution in [0.1, 0.15) is 16.7 Å². The summed E-state index contributed by atoms with van der Waals surface area (Å²) in [7, 11) is 0. The molecule has 1 aromatic carbocycles. The van der Waals surface area contributed by atoms with Gasteiger partial charge in [-0.25, -0.2) is 0 Å². The van der Waals surface area contributed by atoms with E-state index < -0.39 is 0 Å². The van der Waals surface area contributed by atoms with E-state index in [4.69, 9.17) is 5.73 Å². The molecule has 1 heterocycles. The monoisotopic (exact) mass is 204 g/mol. The zero-order valence-corrected chi connectivity index (χ0v) is 9.37. The normalized spacial score (nSPS) is 20.4. The zero-order chi connectivity index (χ0) is 11.2. The number of anilines is 1. The first-order chi connectivity index (χ1) is 7.00. The fourth-order valence-corrected chi connectivity index (χ4v) is 2.25. The molecule has 1 aromatic rings. The lowest BCUT2D eigenvalue weighted by atomic mass is 9.99. The minimum Gasteiger partial charge on any atom is -0.318 e. The second-order valence-corrected chi connectivity index (χ2v) is 4.30. The van der Waals surface area contributed by atoms with E-state index >= 15 is 0 Å². The van der Waals surface area contributed by atoms with Crippen LogP contribution in [-0.2, 0) is 4.79 Å². The lowest BCUT2D eigenvalue weighted by Crippen LogP contribution is -2.61. The van der Waals surface area contributed by atoms with Gasteiger partial charge in [-0.3, -0.25) is 4.79 Å². The van der Waals surface area contributed by atoms with Gasteiger partial charge in [0.15, 0.2) is 0 Å². The number of carbonyl (C=O) groups excluding carboxylic acids is 1. The van der Waals surface area contributed by atoms with Crippen molar-refractivity contribution in [1.29, 1.82) is 0 Å². The molecule has 1 aliphatic rings. The number of aryl methyl sites for hydroxylation is 3. The molecule has 1 fully saturated rings. The number of β-lactam (4-membered cyclic amide) rings is 1. The molecule has 1 unspecified atom stereocenters. The third-order valence-corrected chi connectivity index (χ3v) is 2.87. The number of hydrogen-bond donors (Lipinski definition) is 1. The summed E-state index contributed by atoms with van der Waals surface area (Å²) >= 11 is 0. The highest BCUT2D eigenvalue weighted by Crippen LogP contribution is 2.29. The predicted octanol–water partition coefficient (Wildman–Crippen LogP) is 1.29. The van der Waals surface area contributed by atoms with Crippen molar-refractivity contribution < 1.29 is 4.79 Å². The standard InChI is InChI=1S/C12H16N2O/c1-7-4-8(2)11(9(3)5-7)14-6-10(13)12(14)15/h4-5,10H,6,13H2,1-3H3. The lowest BCUT2D eigenvalue weighted by Gasteiger charge is -2.38. The summed E-state index contributed by atoms with van der Waals surface area (Å²) in [6.45, 7) is 6.77. The zero-order valence-electron chi connectivity index (χ0n) is 9.37. The van der Waals surface area contributed by atoms with E-state index in [1.807, 2.05) is 13.8 Å². The molecule has 1 atom stereocenters. The van der Waals surface area contributed by atoms with Gasteiger partial charge < -0.3 is 10.6 Å².